The van der Waals surface area contributed by atoms with Gasteiger partial charge in [0.1, 0.15) is 0 Å². The number of rotatable bonds is 9. The number of hydrogen-bond acceptors (Lipinski definition) is 6. The van der Waals surface area contributed by atoms with E-state index in [0.29, 0.717) is 47.4 Å². The minimum absolute atomic E-state index is 0.0552. The van der Waals surface area contributed by atoms with E-state index in [1.165, 1.54) is 49.4 Å². The summed E-state index contributed by atoms with van der Waals surface area (Å²) in [6.07, 6.45) is 7.10. The smallest absolute Gasteiger partial charge is 0.262 e. The Balaban J connectivity index is 1.38. The number of carbonyl (C=O) groups excluding carboxylic acids is 1. The fourth-order valence-corrected chi connectivity index (χ4v) is 5.82. The third kappa shape index (κ3) is 4.90. The zero-order valence-electron chi connectivity index (χ0n) is 20.0. The van der Waals surface area contributed by atoms with Crippen molar-refractivity contribution in [1.29, 1.82) is 0 Å². The van der Waals surface area contributed by atoms with Gasteiger partial charge in [0, 0.05) is 25.8 Å². The van der Waals surface area contributed by atoms with Crippen molar-refractivity contribution in [1.82, 2.24) is 19.2 Å². The molecule has 0 unspecified atom stereocenters. The van der Waals surface area contributed by atoms with Crippen molar-refractivity contribution in [2.75, 3.05) is 19.5 Å². The lowest BCUT2D eigenvalue weighted by Crippen LogP contribution is -2.24. The summed E-state index contributed by atoms with van der Waals surface area (Å²) in [5, 5.41) is 9.88. The third-order valence-electron chi connectivity index (χ3n) is 6.85. The first-order valence-electron chi connectivity index (χ1n) is 12.3. The van der Waals surface area contributed by atoms with Gasteiger partial charge in [-0.15, -0.1) is 10.2 Å². The molecule has 2 aromatic carbocycles. The number of para-hydroxylation sites is 1. The molecule has 0 aliphatic heterocycles. The summed E-state index contributed by atoms with van der Waals surface area (Å²) in [6.45, 7) is 1.03. The fourth-order valence-electron chi connectivity index (χ4n) is 4.99. The fraction of sp³-hybridized carbons (Fsp3) is 0.407. The molecule has 8 heteroatoms. The van der Waals surface area contributed by atoms with Gasteiger partial charge in [0.2, 0.25) is 5.78 Å². The van der Waals surface area contributed by atoms with Crippen molar-refractivity contribution in [3.63, 3.8) is 0 Å². The maximum Gasteiger partial charge on any atom is 0.262 e. The maximum atomic E-state index is 13.1. The maximum absolute atomic E-state index is 13.1. The summed E-state index contributed by atoms with van der Waals surface area (Å²) < 4.78 is 8.68. The van der Waals surface area contributed by atoms with Crippen molar-refractivity contribution >= 4 is 34.2 Å². The average Bonchev–Trinajstić information content (AvgIpc) is 3.34. The second kappa shape index (κ2) is 10.7. The Bertz CT molecular complexity index is 1390. The number of methoxy groups -OCH3 is 1. The van der Waals surface area contributed by atoms with Crippen LogP contribution in [-0.4, -0.2) is 44.4 Å². The first-order chi connectivity index (χ1) is 17.2. The summed E-state index contributed by atoms with van der Waals surface area (Å²) in [5.41, 5.74) is 2.71. The Morgan fingerprint density at radius 1 is 1.06 bits per heavy atom. The van der Waals surface area contributed by atoms with Crippen molar-refractivity contribution < 1.29 is 9.53 Å². The number of fused-ring (bicyclic) bond motifs is 3. The number of benzene rings is 2. The van der Waals surface area contributed by atoms with Crippen LogP contribution in [0.3, 0.4) is 0 Å². The normalized spacial score (nSPS) is 14.7. The Hall–Kier alpha value is -2.97. The molecule has 0 saturated heterocycles. The topological polar surface area (TPSA) is 78.5 Å². The molecule has 1 saturated carbocycles. The van der Waals surface area contributed by atoms with Crippen LogP contribution in [0.25, 0.3) is 16.7 Å². The van der Waals surface area contributed by atoms with E-state index in [1.807, 2.05) is 40.8 Å². The standard InChI is InChI=1S/C27H30N4O3S/c1-34-17-7-16-30-25(33)22-10-5-6-11-23(22)31-26(30)28-29-27(31)35-18-24(32)21-14-12-20(13-15-21)19-8-3-2-4-9-19/h5-6,10-15,19H,2-4,7-9,16-18H2,1H3. The molecule has 1 aliphatic carbocycles. The van der Waals surface area contributed by atoms with Crippen LogP contribution in [0, 0.1) is 0 Å². The lowest BCUT2D eigenvalue weighted by atomic mass is 9.84. The summed E-state index contributed by atoms with van der Waals surface area (Å²) in [6, 6.07) is 15.6. The van der Waals surface area contributed by atoms with E-state index < -0.39 is 0 Å². The number of carbonyl (C=O) groups is 1. The Kier molecular flexibility index (Phi) is 7.29. The first kappa shape index (κ1) is 23.8. The van der Waals surface area contributed by atoms with Crippen LogP contribution in [0.4, 0.5) is 0 Å². The highest BCUT2D eigenvalue weighted by atomic mass is 32.2. The van der Waals surface area contributed by atoms with Crippen LogP contribution in [0.1, 0.15) is 60.4 Å². The molecular weight excluding hydrogens is 460 g/mol. The van der Waals surface area contributed by atoms with Crippen LogP contribution in [0.5, 0.6) is 0 Å². The molecule has 2 heterocycles. The molecule has 5 rings (SSSR count). The molecule has 1 aliphatic rings. The van der Waals surface area contributed by atoms with Gasteiger partial charge in [-0.05, 0) is 42.9 Å². The van der Waals surface area contributed by atoms with E-state index in [9.17, 15) is 9.59 Å². The molecule has 1 fully saturated rings. The van der Waals surface area contributed by atoms with Crippen LogP contribution in [-0.2, 0) is 11.3 Å². The van der Waals surface area contributed by atoms with Crippen molar-refractivity contribution in [3.05, 3.63) is 70.0 Å². The van der Waals surface area contributed by atoms with E-state index in [-0.39, 0.29) is 17.1 Å². The van der Waals surface area contributed by atoms with Crippen LogP contribution in [0.15, 0.2) is 58.5 Å². The number of ether oxygens (including phenoxy) is 1. The highest BCUT2D eigenvalue weighted by molar-refractivity contribution is 7.99. The summed E-state index contributed by atoms with van der Waals surface area (Å²) in [4.78, 5) is 26.1. The van der Waals surface area contributed by atoms with E-state index in [4.69, 9.17) is 4.74 Å². The SMILES string of the molecule is COCCCn1c(=O)c2ccccc2n2c(SCC(=O)c3ccc(C4CCCCC4)cc3)nnc12. The average molecular weight is 491 g/mol. The molecule has 4 aromatic rings. The van der Waals surface area contributed by atoms with Gasteiger partial charge in [-0.2, -0.15) is 0 Å². The second-order valence-electron chi connectivity index (χ2n) is 9.11. The Morgan fingerprint density at radius 3 is 2.60 bits per heavy atom. The van der Waals surface area contributed by atoms with Gasteiger partial charge in [-0.1, -0.05) is 67.4 Å². The number of aromatic nitrogens is 4. The number of ketones is 1. The summed E-state index contributed by atoms with van der Waals surface area (Å²) in [5.74, 6) is 1.41. The van der Waals surface area contributed by atoms with E-state index in [0.717, 1.165) is 5.52 Å². The van der Waals surface area contributed by atoms with Gasteiger partial charge in [-0.25, -0.2) is 0 Å². The lowest BCUT2D eigenvalue weighted by molar-refractivity contribution is 0.102. The molecule has 0 radical (unpaired) electrons. The highest BCUT2D eigenvalue weighted by Crippen LogP contribution is 2.32. The van der Waals surface area contributed by atoms with E-state index >= 15 is 0 Å². The number of Topliss-reactive ketones (excluding diaryl/α,β-unsaturated/α-hetero) is 1. The van der Waals surface area contributed by atoms with Crippen molar-refractivity contribution in [2.45, 2.75) is 56.1 Å². The monoisotopic (exact) mass is 490 g/mol. The van der Waals surface area contributed by atoms with E-state index in [1.54, 1.807) is 11.7 Å². The number of hydrogen-bond donors (Lipinski definition) is 0. The Labute approximate surface area is 208 Å². The molecular formula is C27H30N4O3S. The minimum atomic E-state index is -0.0951. The van der Waals surface area contributed by atoms with Crippen LogP contribution < -0.4 is 5.56 Å². The van der Waals surface area contributed by atoms with Crippen molar-refractivity contribution in [2.24, 2.45) is 0 Å². The largest absolute Gasteiger partial charge is 0.385 e. The van der Waals surface area contributed by atoms with Crippen molar-refractivity contribution in [3.8, 4) is 0 Å². The third-order valence-corrected chi connectivity index (χ3v) is 7.78. The van der Waals surface area contributed by atoms with Gasteiger partial charge in [0.25, 0.3) is 5.56 Å². The van der Waals surface area contributed by atoms with Crippen LogP contribution in [0.2, 0.25) is 0 Å². The molecule has 0 bridgehead atoms. The zero-order chi connectivity index (χ0) is 24.2. The minimum Gasteiger partial charge on any atom is -0.385 e. The predicted octanol–water partition coefficient (Wildman–Crippen LogP) is 5.10. The molecule has 7 nitrogen and oxygen atoms in total. The second-order valence-corrected chi connectivity index (χ2v) is 10.0. The zero-order valence-corrected chi connectivity index (χ0v) is 20.8. The summed E-state index contributed by atoms with van der Waals surface area (Å²) >= 11 is 1.35. The molecule has 0 N–H and O–H groups in total. The van der Waals surface area contributed by atoms with E-state index in [2.05, 4.69) is 22.3 Å². The van der Waals surface area contributed by atoms with Gasteiger partial charge in [0.05, 0.1) is 16.7 Å². The quantitative estimate of drug-likeness (QED) is 0.184. The van der Waals surface area contributed by atoms with Gasteiger partial charge >= 0.3 is 0 Å². The number of aryl methyl sites for hydroxylation is 1. The van der Waals surface area contributed by atoms with Gasteiger partial charge < -0.3 is 4.74 Å². The molecule has 0 spiro atoms. The molecule has 0 atom stereocenters. The van der Waals surface area contributed by atoms with Gasteiger partial charge in [0.15, 0.2) is 10.9 Å². The first-order valence-corrected chi connectivity index (χ1v) is 13.3. The molecule has 182 valence electrons. The lowest BCUT2D eigenvalue weighted by Gasteiger charge is -2.22. The molecule has 35 heavy (non-hydrogen) atoms. The van der Waals surface area contributed by atoms with Gasteiger partial charge in [-0.3, -0.25) is 18.6 Å². The Morgan fingerprint density at radius 2 is 1.83 bits per heavy atom. The highest BCUT2D eigenvalue weighted by Gasteiger charge is 2.19. The number of nitrogens with zero attached hydrogens (tertiary/aromatic N) is 4. The molecule has 0 amide bonds. The number of thioether (sulfide) groups is 1. The molecule has 2 aromatic heterocycles. The van der Waals surface area contributed by atoms with Crippen LogP contribution >= 0.6 is 11.8 Å². The predicted molar refractivity (Wildman–Crippen MR) is 139 cm³/mol. The summed E-state index contributed by atoms with van der Waals surface area (Å²) in [7, 11) is 1.64.